The van der Waals surface area contributed by atoms with E-state index in [4.69, 9.17) is 0 Å². The van der Waals surface area contributed by atoms with Gasteiger partial charge in [-0.05, 0) is 45.0 Å². The summed E-state index contributed by atoms with van der Waals surface area (Å²) in [5.41, 5.74) is 3.52. The first-order valence-corrected chi connectivity index (χ1v) is 7.94. The number of rotatable bonds is 4. The minimum Gasteiger partial charge on any atom is -0.312 e. The van der Waals surface area contributed by atoms with Crippen LogP contribution in [0, 0.1) is 13.8 Å². The Morgan fingerprint density at radius 1 is 1.19 bits per heavy atom. The molecule has 0 aliphatic rings. The van der Waals surface area contributed by atoms with E-state index in [0.717, 1.165) is 22.6 Å². The average molecular weight is 297 g/mol. The molecular weight excluding hydrogens is 278 g/mol. The zero-order valence-corrected chi connectivity index (χ0v) is 13.4. The van der Waals surface area contributed by atoms with Crippen molar-refractivity contribution in [1.82, 2.24) is 15.3 Å². The zero-order valence-electron chi connectivity index (χ0n) is 12.6. The summed E-state index contributed by atoms with van der Waals surface area (Å²) in [7, 11) is 2.02. The summed E-state index contributed by atoms with van der Waals surface area (Å²) in [6.07, 6.45) is 2.84. The fourth-order valence-corrected chi connectivity index (χ4v) is 3.79. The number of aromatic nitrogens is 2. The fourth-order valence-electron chi connectivity index (χ4n) is 2.75. The zero-order chi connectivity index (χ0) is 14.8. The molecule has 0 bridgehead atoms. The molecule has 0 aliphatic carbocycles. The van der Waals surface area contributed by atoms with E-state index in [9.17, 15) is 0 Å². The molecule has 2 aromatic heterocycles. The van der Waals surface area contributed by atoms with Gasteiger partial charge in [-0.1, -0.05) is 18.2 Å². The molecule has 0 amide bonds. The Labute approximate surface area is 129 Å². The first-order chi connectivity index (χ1) is 10.2. The maximum absolute atomic E-state index is 4.55. The summed E-state index contributed by atoms with van der Waals surface area (Å²) in [4.78, 5) is 10.3. The summed E-state index contributed by atoms with van der Waals surface area (Å²) in [5, 5.41) is 5.80. The highest BCUT2D eigenvalue weighted by Crippen LogP contribution is 2.29. The van der Waals surface area contributed by atoms with Crippen LogP contribution < -0.4 is 5.32 Å². The molecule has 3 rings (SSSR count). The lowest BCUT2D eigenvalue weighted by Crippen LogP contribution is -2.18. The number of aryl methyl sites for hydroxylation is 2. The number of benzene rings is 1. The van der Waals surface area contributed by atoms with Gasteiger partial charge in [-0.25, -0.2) is 4.98 Å². The van der Waals surface area contributed by atoms with E-state index >= 15 is 0 Å². The first-order valence-electron chi connectivity index (χ1n) is 7.13. The van der Waals surface area contributed by atoms with Crippen molar-refractivity contribution < 1.29 is 0 Å². The fraction of sp³-hybridized carbons (Fsp3) is 0.294. The van der Waals surface area contributed by atoms with E-state index in [-0.39, 0.29) is 0 Å². The molecule has 3 aromatic rings. The number of hydrogen-bond donors (Lipinski definition) is 1. The molecule has 0 radical (unpaired) electrons. The Morgan fingerprint density at radius 3 is 2.71 bits per heavy atom. The minimum absolute atomic E-state index is 0.294. The molecular formula is C17H19N3S. The molecule has 0 aliphatic heterocycles. The lowest BCUT2D eigenvalue weighted by Gasteiger charge is -2.16. The van der Waals surface area contributed by atoms with E-state index in [1.165, 1.54) is 15.8 Å². The number of pyridine rings is 1. The SMILES string of the molecule is CNC(Cc1ccnc2ccccc12)c1sc(C)nc1C. The van der Waals surface area contributed by atoms with E-state index in [1.807, 2.05) is 19.3 Å². The molecule has 1 unspecified atom stereocenters. The molecule has 3 nitrogen and oxygen atoms in total. The van der Waals surface area contributed by atoms with Crippen LogP contribution in [-0.4, -0.2) is 17.0 Å². The van der Waals surface area contributed by atoms with E-state index in [1.54, 1.807) is 11.3 Å². The topological polar surface area (TPSA) is 37.8 Å². The quantitative estimate of drug-likeness (QED) is 0.795. The number of para-hydroxylation sites is 1. The lowest BCUT2D eigenvalue weighted by atomic mass is 10.0. The highest BCUT2D eigenvalue weighted by Gasteiger charge is 2.17. The molecule has 0 spiro atoms. The lowest BCUT2D eigenvalue weighted by molar-refractivity contribution is 0.599. The highest BCUT2D eigenvalue weighted by atomic mass is 32.1. The van der Waals surface area contributed by atoms with Gasteiger partial charge < -0.3 is 5.32 Å². The average Bonchev–Trinajstić information content (AvgIpc) is 2.83. The first kappa shape index (κ1) is 14.2. The number of hydrogen-bond acceptors (Lipinski definition) is 4. The van der Waals surface area contributed by atoms with Crippen molar-refractivity contribution in [2.75, 3.05) is 7.05 Å². The monoisotopic (exact) mass is 297 g/mol. The third-order valence-corrected chi connectivity index (χ3v) is 4.95. The van der Waals surface area contributed by atoms with Crippen LogP contribution in [0.15, 0.2) is 36.5 Å². The summed E-state index contributed by atoms with van der Waals surface area (Å²) >= 11 is 1.78. The van der Waals surface area contributed by atoms with Crippen LogP contribution in [0.25, 0.3) is 10.9 Å². The predicted octanol–water partition coefficient (Wildman–Crippen LogP) is 3.81. The molecule has 1 N–H and O–H groups in total. The molecule has 0 saturated heterocycles. The predicted molar refractivity (Wildman–Crippen MR) is 88.8 cm³/mol. The molecule has 1 aromatic carbocycles. The molecule has 2 heterocycles. The Morgan fingerprint density at radius 2 is 2.00 bits per heavy atom. The summed E-state index contributed by atoms with van der Waals surface area (Å²) in [6, 6.07) is 10.7. The Bertz CT molecular complexity index is 758. The molecule has 21 heavy (non-hydrogen) atoms. The Hall–Kier alpha value is -1.78. The maximum Gasteiger partial charge on any atom is 0.0900 e. The third kappa shape index (κ3) is 2.82. The second kappa shape index (κ2) is 5.92. The van der Waals surface area contributed by atoms with Crippen molar-refractivity contribution >= 4 is 22.2 Å². The largest absolute Gasteiger partial charge is 0.312 e. The van der Waals surface area contributed by atoms with Gasteiger partial charge in [0.1, 0.15) is 0 Å². The summed E-state index contributed by atoms with van der Waals surface area (Å²) in [5.74, 6) is 0. The third-order valence-electron chi connectivity index (χ3n) is 3.77. The molecule has 108 valence electrons. The number of fused-ring (bicyclic) bond motifs is 1. The molecule has 0 saturated carbocycles. The van der Waals surface area contributed by atoms with E-state index in [0.29, 0.717) is 6.04 Å². The van der Waals surface area contributed by atoms with Crippen molar-refractivity contribution in [2.24, 2.45) is 0 Å². The Kier molecular flexibility index (Phi) is 3.99. The van der Waals surface area contributed by atoms with Gasteiger partial charge >= 0.3 is 0 Å². The number of likely N-dealkylation sites (N-methyl/N-ethyl adjacent to an activating group) is 1. The van der Waals surface area contributed by atoms with Gasteiger partial charge in [0, 0.05) is 22.5 Å². The van der Waals surface area contributed by atoms with Crippen LogP contribution in [-0.2, 0) is 6.42 Å². The van der Waals surface area contributed by atoms with E-state index in [2.05, 4.69) is 53.4 Å². The van der Waals surface area contributed by atoms with Gasteiger partial charge in [0.15, 0.2) is 0 Å². The summed E-state index contributed by atoms with van der Waals surface area (Å²) < 4.78 is 0. The van der Waals surface area contributed by atoms with Crippen molar-refractivity contribution in [3.05, 3.63) is 57.7 Å². The summed E-state index contributed by atoms with van der Waals surface area (Å²) in [6.45, 7) is 4.16. The van der Waals surface area contributed by atoms with Crippen LogP contribution in [0.2, 0.25) is 0 Å². The molecule has 1 atom stereocenters. The number of nitrogens with one attached hydrogen (secondary N) is 1. The molecule has 0 fully saturated rings. The maximum atomic E-state index is 4.55. The van der Waals surface area contributed by atoms with Crippen molar-refractivity contribution in [1.29, 1.82) is 0 Å². The van der Waals surface area contributed by atoms with Crippen molar-refractivity contribution in [3.8, 4) is 0 Å². The van der Waals surface area contributed by atoms with Crippen LogP contribution in [0.4, 0.5) is 0 Å². The van der Waals surface area contributed by atoms with Gasteiger partial charge in [-0.15, -0.1) is 11.3 Å². The second-order valence-electron chi connectivity index (χ2n) is 5.22. The van der Waals surface area contributed by atoms with Crippen LogP contribution in [0.1, 0.15) is 27.2 Å². The normalized spacial score (nSPS) is 12.7. The van der Waals surface area contributed by atoms with Gasteiger partial charge in [-0.2, -0.15) is 0 Å². The number of nitrogens with zero attached hydrogens (tertiary/aromatic N) is 2. The van der Waals surface area contributed by atoms with Gasteiger partial charge in [-0.3, -0.25) is 4.98 Å². The van der Waals surface area contributed by atoms with E-state index < -0.39 is 0 Å². The highest BCUT2D eigenvalue weighted by molar-refractivity contribution is 7.11. The van der Waals surface area contributed by atoms with Crippen LogP contribution in [0.3, 0.4) is 0 Å². The minimum atomic E-state index is 0.294. The molecule has 4 heteroatoms. The smallest absolute Gasteiger partial charge is 0.0900 e. The van der Waals surface area contributed by atoms with Gasteiger partial charge in [0.25, 0.3) is 0 Å². The van der Waals surface area contributed by atoms with Gasteiger partial charge in [0.05, 0.1) is 16.2 Å². The standard InChI is InChI=1S/C17H19N3S/c1-11-17(21-12(2)20-11)16(18-3)10-13-8-9-19-15-7-5-4-6-14(13)15/h4-9,16,18H,10H2,1-3H3. The van der Waals surface area contributed by atoms with Gasteiger partial charge in [0.2, 0.25) is 0 Å². The van der Waals surface area contributed by atoms with Crippen LogP contribution in [0.5, 0.6) is 0 Å². The second-order valence-corrected chi connectivity index (χ2v) is 6.45. The van der Waals surface area contributed by atoms with Crippen molar-refractivity contribution in [2.45, 2.75) is 26.3 Å². The Balaban J connectivity index is 1.98. The van der Waals surface area contributed by atoms with Crippen LogP contribution >= 0.6 is 11.3 Å². The number of thiazole rings is 1. The van der Waals surface area contributed by atoms with Crippen molar-refractivity contribution in [3.63, 3.8) is 0 Å².